The van der Waals surface area contributed by atoms with Crippen LogP contribution in [0, 0.1) is 11.3 Å². The molecule has 0 saturated heterocycles. The Balaban J connectivity index is 4.17. The van der Waals surface area contributed by atoms with Gasteiger partial charge in [0.25, 0.3) is 5.91 Å². The van der Waals surface area contributed by atoms with Crippen molar-refractivity contribution < 1.29 is 19.5 Å². The maximum Gasteiger partial charge on any atom is 0.414 e. The van der Waals surface area contributed by atoms with Crippen molar-refractivity contribution in [2.45, 2.75) is 6.92 Å². The molecule has 0 atom stereocenters. The molecule has 70 valence electrons. The summed E-state index contributed by atoms with van der Waals surface area (Å²) in [5.74, 6) is -1.11. The zero-order chi connectivity index (χ0) is 10.3. The van der Waals surface area contributed by atoms with Crippen molar-refractivity contribution in [1.29, 1.82) is 5.26 Å². The van der Waals surface area contributed by atoms with E-state index in [1.54, 1.807) is 12.2 Å². The highest BCUT2D eigenvalue weighted by Crippen LogP contribution is 1.80. The van der Waals surface area contributed by atoms with Gasteiger partial charge in [-0.2, -0.15) is 5.26 Å². The van der Waals surface area contributed by atoms with E-state index in [1.807, 2.05) is 0 Å². The molecule has 13 heavy (non-hydrogen) atoms. The molecule has 0 fully saturated rings. The number of nitrogens with one attached hydrogen (secondary N) is 1. The maximum atomic E-state index is 10.8. The molecule has 0 aromatic heterocycles. The van der Waals surface area contributed by atoms with Crippen molar-refractivity contribution in [1.82, 2.24) is 5.32 Å². The van der Waals surface area contributed by atoms with Gasteiger partial charge in [0.1, 0.15) is 6.07 Å². The van der Waals surface area contributed by atoms with E-state index in [1.165, 1.54) is 6.07 Å². The fourth-order valence-corrected chi connectivity index (χ4v) is 0.438. The summed E-state index contributed by atoms with van der Waals surface area (Å²) in [6.45, 7) is 1.65. The lowest BCUT2D eigenvalue weighted by atomic mass is 10.4. The van der Waals surface area contributed by atoms with Crippen LogP contribution in [0.15, 0.2) is 5.16 Å². The number of nitrogens with zero attached hydrogens (tertiary/aromatic N) is 2. The molecule has 0 aromatic carbocycles. The van der Waals surface area contributed by atoms with Crippen LogP contribution in [0.25, 0.3) is 0 Å². The molecule has 2 N–H and O–H groups in total. The summed E-state index contributed by atoms with van der Waals surface area (Å²) in [7, 11) is 0. The van der Waals surface area contributed by atoms with Gasteiger partial charge < -0.3 is 9.94 Å². The highest BCUT2D eigenvalue weighted by molar-refractivity contribution is 6.46. The van der Waals surface area contributed by atoms with E-state index in [-0.39, 0.29) is 6.61 Å². The van der Waals surface area contributed by atoms with E-state index in [0.717, 1.165) is 0 Å². The van der Waals surface area contributed by atoms with Crippen LogP contribution in [0.5, 0.6) is 0 Å². The average molecular weight is 185 g/mol. The molecule has 0 heterocycles. The molecule has 7 heteroatoms. The summed E-state index contributed by atoms with van der Waals surface area (Å²) in [4.78, 5) is 21.4. The van der Waals surface area contributed by atoms with Gasteiger partial charge in [0, 0.05) is 0 Å². The molecule has 0 aliphatic rings. The van der Waals surface area contributed by atoms with Gasteiger partial charge in [-0.3, -0.25) is 10.1 Å². The Morgan fingerprint density at radius 3 is 2.69 bits per heavy atom. The van der Waals surface area contributed by atoms with Gasteiger partial charge in [0.05, 0.1) is 6.61 Å². The SMILES string of the molecule is CCOC(=O)NC(=O)C(C#N)=NO. The van der Waals surface area contributed by atoms with Gasteiger partial charge in [0.2, 0.25) is 5.71 Å². The predicted octanol–water partition coefficient (Wildman–Crippen LogP) is -0.387. The minimum atomic E-state index is -1.11. The molecular weight excluding hydrogens is 178 g/mol. The third-order valence-corrected chi connectivity index (χ3v) is 0.912. The average Bonchev–Trinajstić information content (AvgIpc) is 2.06. The van der Waals surface area contributed by atoms with Crippen LogP contribution in [-0.4, -0.2) is 29.5 Å². The first-order valence-electron chi connectivity index (χ1n) is 3.26. The minimum Gasteiger partial charge on any atom is -0.450 e. The molecule has 0 saturated carbocycles. The number of rotatable bonds is 2. The van der Waals surface area contributed by atoms with Gasteiger partial charge in [-0.25, -0.2) is 4.79 Å². The smallest absolute Gasteiger partial charge is 0.414 e. The number of alkyl carbamates (subject to hydrolysis) is 1. The molecule has 0 bridgehead atoms. The molecule has 0 aliphatic carbocycles. The maximum absolute atomic E-state index is 10.8. The van der Waals surface area contributed by atoms with Gasteiger partial charge >= 0.3 is 6.09 Å². The first kappa shape index (κ1) is 10.9. The van der Waals surface area contributed by atoms with E-state index in [9.17, 15) is 9.59 Å². The zero-order valence-corrected chi connectivity index (χ0v) is 6.77. The number of amides is 2. The Labute approximate surface area is 73.6 Å². The number of carbonyl (C=O) groups excluding carboxylic acids is 2. The van der Waals surface area contributed by atoms with Crippen molar-refractivity contribution in [3.8, 4) is 6.07 Å². The van der Waals surface area contributed by atoms with Crippen molar-refractivity contribution >= 4 is 17.7 Å². The fourth-order valence-electron chi connectivity index (χ4n) is 0.438. The van der Waals surface area contributed by atoms with Crippen LogP contribution in [0.2, 0.25) is 0 Å². The number of oxime groups is 1. The van der Waals surface area contributed by atoms with Crippen LogP contribution >= 0.6 is 0 Å². The van der Waals surface area contributed by atoms with Crippen molar-refractivity contribution in [3.63, 3.8) is 0 Å². The molecule has 2 amide bonds. The third-order valence-electron chi connectivity index (χ3n) is 0.912. The molecular formula is C6H7N3O4. The van der Waals surface area contributed by atoms with E-state index >= 15 is 0 Å². The standard InChI is InChI=1S/C6H7N3O4/c1-2-13-6(11)8-5(10)4(3-7)9-12/h12H,2H2,1H3,(H,8,10,11). The van der Waals surface area contributed by atoms with E-state index in [0.29, 0.717) is 0 Å². The van der Waals surface area contributed by atoms with Gasteiger partial charge in [-0.15, -0.1) is 0 Å². The highest BCUT2D eigenvalue weighted by atomic mass is 16.5. The number of nitriles is 1. The lowest BCUT2D eigenvalue weighted by Gasteiger charge is -2.00. The first-order valence-corrected chi connectivity index (χ1v) is 3.26. The Hall–Kier alpha value is -2.10. The predicted molar refractivity (Wildman–Crippen MR) is 40.0 cm³/mol. The summed E-state index contributed by atoms with van der Waals surface area (Å²) >= 11 is 0. The van der Waals surface area contributed by atoms with E-state index in [2.05, 4.69) is 9.89 Å². The van der Waals surface area contributed by atoms with Gasteiger partial charge in [-0.1, -0.05) is 5.16 Å². The minimum absolute atomic E-state index is 0.0945. The molecule has 0 aromatic rings. The first-order chi connectivity index (χ1) is 6.15. The molecule has 0 rings (SSSR count). The second kappa shape index (κ2) is 5.54. The number of hydrogen-bond donors (Lipinski definition) is 2. The Kier molecular flexibility index (Phi) is 4.64. The van der Waals surface area contributed by atoms with Gasteiger partial charge in [0.15, 0.2) is 0 Å². The Morgan fingerprint density at radius 1 is 1.69 bits per heavy atom. The van der Waals surface area contributed by atoms with Gasteiger partial charge in [-0.05, 0) is 6.92 Å². The summed E-state index contributed by atoms with van der Waals surface area (Å²) in [5.41, 5.74) is -0.812. The van der Waals surface area contributed by atoms with Crippen LogP contribution in [0.1, 0.15) is 6.92 Å². The normalized spacial score (nSPS) is 10.0. The Bertz CT molecular complexity index is 278. The van der Waals surface area contributed by atoms with Crippen LogP contribution in [-0.2, 0) is 9.53 Å². The number of ether oxygens (including phenoxy) is 1. The second-order valence-corrected chi connectivity index (χ2v) is 1.74. The van der Waals surface area contributed by atoms with Crippen molar-refractivity contribution in [3.05, 3.63) is 0 Å². The highest BCUT2D eigenvalue weighted by Gasteiger charge is 2.14. The number of hydrogen-bond acceptors (Lipinski definition) is 6. The largest absolute Gasteiger partial charge is 0.450 e. The number of carbonyl (C=O) groups is 2. The second-order valence-electron chi connectivity index (χ2n) is 1.74. The summed E-state index contributed by atoms with van der Waals surface area (Å²) in [5, 5.41) is 20.3. The van der Waals surface area contributed by atoms with Crippen molar-refractivity contribution in [2.24, 2.45) is 5.16 Å². The lowest BCUT2D eigenvalue weighted by Crippen LogP contribution is -2.35. The van der Waals surface area contributed by atoms with E-state index in [4.69, 9.17) is 10.5 Å². The lowest BCUT2D eigenvalue weighted by molar-refractivity contribution is -0.114. The van der Waals surface area contributed by atoms with Crippen LogP contribution in [0.3, 0.4) is 0 Å². The van der Waals surface area contributed by atoms with Crippen LogP contribution in [0.4, 0.5) is 4.79 Å². The Morgan fingerprint density at radius 2 is 2.31 bits per heavy atom. The summed E-state index contributed by atoms with van der Waals surface area (Å²) in [6.07, 6.45) is -0.996. The quantitative estimate of drug-likeness (QED) is 0.345. The molecule has 0 aliphatic heterocycles. The third kappa shape index (κ3) is 3.71. The molecule has 0 unspecified atom stereocenters. The molecule has 0 radical (unpaired) electrons. The topological polar surface area (TPSA) is 112 Å². The number of imide groups is 1. The monoisotopic (exact) mass is 185 g/mol. The van der Waals surface area contributed by atoms with Crippen molar-refractivity contribution in [2.75, 3.05) is 6.61 Å². The molecule has 7 nitrogen and oxygen atoms in total. The summed E-state index contributed by atoms with van der Waals surface area (Å²) in [6, 6.07) is 1.28. The zero-order valence-electron chi connectivity index (χ0n) is 6.77. The summed E-state index contributed by atoms with van der Waals surface area (Å²) < 4.78 is 4.33. The molecule has 0 spiro atoms. The fraction of sp³-hybridized carbons (Fsp3) is 0.333. The van der Waals surface area contributed by atoms with Crippen LogP contribution < -0.4 is 5.32 Å². The van der Waals surface area contributed by atoms with E-state index < -0.39 is 17.7 Å².